The average molecular weight is 272 g/mol. The third kappa shape index (κ3) is 6.25. The first kappa shape index (κ1) is 16.2. The summed E-state index contributed by atoms with van der Waals surface area (Å²) in [5.74, 6) is 0. The van der Waals surface area contributed by atoms with Gasteiger partial charge in [0.05, 0.1) is 18.8 Å². The van der Waals surface area contributed by atoms with Crippen LogP contribution in [0.3, 0.4) is 0 Å². The zero-order valence-electron chi connectivity index (χ0n) is 12.2. The van der Waals surface area contributed by atoms with Gasteiger partial charge in [0.1, 0.15) is 0 Å². The lowest BCUT2D eigenvalue weighted by atomic mass is 9.98. The number of amides is 2. The molecule has 0 aromatic rings. The van der Waals surface area contributed by atoms with Crippen molar-refractivity contribution in [3.8, 4) is 0 Å². The number of nitrogens with one attached hydrogen (secondary N) is 1. The molecule has 0 aromatic heterocycles. The van der Waals surface area contributed by atoms with Crippen molar-refractivity contribution in [3.05, 3.63) is 0 Å². The number of ether oxygens (including phenoxy) is 1. The Morgan fingerprint density at radius 1 is 1.42 bits per heavy atom. The van der Waals surface area contributed by atoms with Crippen LogP contribution in [0.15, 0.2) is 0 Å². The number of carbonyl (C=O) groups is 1. The lowest BCUT2D eigenvalue weighted by Crippen LogP contribution is -2.44. The molecule has 1 atom stereocenters. The predicted octanol–water partition coefficient (Wildman–Crippen LogP) is 1.75. The largest absolute Gasteiger partial charge is 0.394 e. The van der Waals surface area contributed by atoms with Crippen LogP contribution in [0.4, 0.5) is 4.79 Å². The van der Waals surface area contributed by atoms with Crippen molar-refractivity contribution in [2.24, 2.45) is 0 Å². The van der Waals surface area contributed by atoms with Gasteiger partial charge in [-0.25, -0.2) is 4.79 Å². The molecule has 5 nitrogen and oxygen atoms in total. The van der Waals surface area contributed by atoms with Crippen LogP contribution in [0.2, 0.25) is 0 Å². The first-order valence-corrected chi connectivity index (χ1v) is 7.38. The molecule has 1 fully saturated rings. The summed E-state index contributed by atoms with van der Waals surface area (Å²) in [6, 6.07) is -0.294. The highest BCUT2D eigenvalue weighted by Crippen LogP contribution is 2.20. The maximum atomic E-state index is 11.7. The Kier molecular flexibility index (Phi) is 7.82. The number of aliphatic hydroxyl groups is 1. The minimum absolute atomic E-state index is 0.0191. The summed E-state index contributed by atoms with van der Waals surface area (Å²) in [6.45, 7) is 3.12. The molecular formula is C14H28N2O3. The van der Waals surface area contributed by atoms with E-state index in [-0.39, 0.29) is 18.7 Å². The molecule has 0 spiro atoms. The highest BCUT2D eigenvalue weighted by atomic mass is 16.5. The number of carbonyl (C=O) groups excluding carboxylic acids is 1. The Morgan fingerprint density at radius 2 is 2.11 bits per heavy atom. The van der Waals surface area contributed by atoms with Crippen molar-refractivity contribution in [2.45, 2.75) is 57.6 Å². The summed E-state index contributed by atoms with van der Waals surface area (Å²) >= 11 is 0. The van der Waals surface area contributed by atoms with Gasteiger partial charge in [-0.15, -0.1) is 0 Å². The molecule has 1 rings (SSSR count). The van der Waals surface area contributed by atoms with Crippen LogP contribution in [-0.2, 0) is 4.74 Å². The summed E-state index contributed by atoms with van der Waals surface area (Å²) < 4.78 is 5.79. The van der Waals surface area contributed by atoms with Gasteiger partial charge >= 0.3 is 6.03 Å². The van der Waals surface area contributed by atoms with Gasteiger partial charge in [0.15, 0.2) is 0 Å². The molecule has 1 aliphatic carbocycles. The fraction of sp³-hybridized carbons (Fsp3) is 0.929. The molecule has 112 valence electrons. The zero-order valence-corrected chi connectivity index (χ0v) is 12.2. The Hall–Kier alpha value is -0.810. The number of urea groups is 1. The molecule has 2 amide bonds. The van der Waals surface area contributed by atoms with Gasteiger partial charge in [-0.2, -0.15) is 0 Å². The summed E-state index contributed by atoms with van der Waals surface area (Å²) in [6.07, 6.45) is 7.54. The first-order valence-electron chi connectivity index (χ1n) is 7.38. The van der Waals surface area contributed by atoms with Crippen LogP contribution >= 0.6 is 0 Å². The molecule has 19 heavy (non-hydrogen) atoms. The van der Waals surface area contributed by atoms with Gasteiger partial charge in [0.25, 0.3) is 0 Å². The van der Waals surface area contributed by atoms with Gasteiger partial charge < -0.3 is 20.1 Å². The Morgan fingerprint density at radius 3 is 2.74 bits per heavy atom. The van der Waals surface area contributed by atoms with Gasteiger partial charge in [0, 0.05) is 20.2 Å². The molecule has 0 aliphatic heterocycles. The molecule has 0 aromatic carbocycles. The van der Waals surface area contributed by atoms with E-state index in [0.717, 1.165) is 6.42 Å². The fourth-order valence-corrected chi connectivity index (χ4v) is 2.20. The van der Waals surface area contributed by atoms with Crippen LogP contribution in [0.1, 0.15) is 45.4 Å². The van der Waals surface area contributed by atoms with E-state index in [9.17, 15) is 4.79 Å². The highest BCUT2D eigenvalue weighted by molar-refractivity contribution is 5.74. The molecule has 0 heterocycles. The second kappa shape index (κ2) is 9.15. The van der Waals surface area contributed by atoms with E-state index in [1.165, 1.54) is 37.0 Å². The van der Waals surface area contributed by atoms with E-state index in [2.05, 4.69) is 5.32 Å². The smallest absolute Gasteiger partial charge is 0.317 e. The Bertz CT molecular complexity index is 255. The van der Waals surface area contributed by atoms with E-state index < -0.39 is 0 Å². The second-order valence-corrected chi connectivity index (χ2v) is 5.36. The van der Waals surface area contributed by atoms with Crippen LogP contribution in [0.25, 0.3) is 0 Å². The van der Waals surface area contributed by atoms with E-state index in [4.69, 9.17) is 9.84 Å². The molecular weight excluding hydrogens is 244 g/mol. The third-order valence-corrected chi connectivity index (χ3v) is 3.75. The maximum absolute atomic E-state index is 11.7. The molecule has 0 bridgehead atoms. The minimum atomic E-state index is -0.154. The van der Waals surface area contributed by atoms with Crippen molar-refractivity contribution in [1.82, 2.24) is 10.2 Å². The SMILES string of the molecule is CC(CO)N(C)C(=O)NCCCOC1CCCCC1. The van der Waals surface area contributed by atoms with Crippen molar-refractivity contribution in [3.63, 3.8) is 0 Å². The van der Waals surface area contributed by atoms with Gasteiger partial charge in [-0.3, -0.25) is 0 Å². The molecule has 0 radical (unpaired) electrons. The number of hydrogen-bond acceptors (Lipinski definition) is 3. The number of nitrogens with zero attached hydrogens (tertiary/aromatic N) is 1. The van der Waals surface area contributed by atoms with E-state index in [1.807, 2.05) is 6.92 Å². The lowest BCUT2D eigenvalue weighted by molar-refractivity contribution is 0.0274. The molecule has 1 aliphatic rings. The number of rotatable bonds is 7. The minimum Gasteiger partial charge on any atom is -0.394 e. The fourth-order valence-electron chi connectivity index (χ4n) is 2.20. The standard InChI is InChI=1S/C14H28N2O3/c1-12(11-17)16(2)14(18)15-9-6-10-19-13-7-4-3-5-8-13/h12-13,17H,3-11H2,1-2H3,(H,15,18). The summed E-state index contributed by atoms with van der Waals surface area (Å²) in [4.78, 5) is 13.2. The quantitative estimate of drug-likeness (QED) is 0.694. The van der Waals surface area contributed by atoms with Crippen LogP contribution < -0.4 is 5.32 Å². The van der Waals surface area contributed by atoms with Gasteiger partial charge in [0.2, 0.25) is 0 Å². The Balaban J connectivity index is 2.02. The average Bonchev–Trinajstić information content (AvgIpc) is 2.46. The van der Waals surface area contributed by atoms with Gasteiger partial charge in [-0.1, -0.05) is 19.3 Å². The van der Waals surface area contributed by atoms with Crippen molar-refractivity contribution >= 4 is 6.03 Å². The number of likely N-dealkylation sites (N-methyl/N-ethyl adjacent to an activating group) is 1. The van der Waals surface area contributed by atoms with E-state index in [0.29, 0.717) is 19.3 Å². The molecule has 5 heteroatoms. The van der Waals surface area contributed by atoms with Crippen LogP contribution in [0, 0.1) is 0 Å². The number of hydrogen-bond donors (Lipinski definition) is 2. The molecule has 2 N–H and O–H groups in total. The normalized spacial score (nSPS) is 18.1. The van der Waals surface area contributed by atoms with Gasteiger partial charge in [-0.05, 0) is 26.2 Å². The Labute approximate surface area is 116 Å². The summed E-state index contributed by atoms with van der Waals surface area (Å²) in [5, 5.41) is 11.8. The van der Waals surface area contributed by atoms with Crippen molar-refractivity contribution in [2.75, 3.05) is 26.8 Å². The van der Waals surface area contributed by atoms with E-state index in [1.54, 1.807) is 7.05 Å². The maximum Gasteiger partial charge on any atom is 0.317 e. The predicted molar refractivity (Wildman–Crippen MR) is 75.2 cm³/mol. The first-order chi connectivity index (χ1) is 9.15. The van der Waals surface area contributed by atoms with Crippen molar-refractivity contribution < 1.29 is 14.6 Å². The van der Waals surface area contributed by atoms with Crippen molar-refractivity contribution in [1.29, 1.82) is 0 Å². The summed E-state index contributed by atoms with van der Waals surface area (Å²) in [7, 11) is 1.69. The second-order valence-electron chi connectivity index (χ2n) is 5.36. The summed E-state index contributed by atoms with van der Waals surface area (Å²) in [5.41, 5.74) is 0. The van der Waals surface area contributed by atoms with Crippen LogP contribution in [-0.4, -0.2) is 55.0 Å². The molecule has 1 unspecified atom stereocenters. The zero-order chi connectivity index (χ0) is 14.1. The molecule has 1 saturated carbocycles. The molecule has 0 saturated heterocycles. The van der Waals surface area contributed by atoms with E-state index >= 15 is 0 Å². The highest BCUT2D eigenvalue weighted by Gasteiger charge is 2.15. The number of aliphatic hydroxyl groups excluding tert-OH is 1. The third-order valence-electron chi connectivity index (χ3n) is 3.75. The monoisotopic (exact) mass is 272 g/mol. The lowest BCUT2D eigenvalue weighted by Gasteiger charge is -2.24. The van der Waals surface area contributed by atoms with Crippen LogP contribution in [0.5, 0.6) is 0 Å². The topological polar surface area (TPSA) is 61.8 Å².